The maximum Gasteiger partial charge on any atom is 0.250 e. The van der Waals surface area contributed by atoms with Crippen LogP contribution in [-0.4, -0.2) is 17.6 Å². The molecule has 0 unspecified atom stereocenters. The molecule has 2 aromatic rings. The lowest BCUT2D eigenvalue weighted by Gasteiger charge is -2.15. The molecule has 0 atom stereocenters. The zero-order chi connectivity index (χ0) is 18.9. The molecule has 0 saturated carbocycles. The number of nitrogens with one attached hydrogen (secondary N) is 2. The number of benzene rings is 2. The highest BCUT2D eigenvalue weighted by Gasteiger charge is 2.07. The van der Waals surface area contributed by atoms with E-state index >= 15 is 0 Å². The van der Waals surface area contributed by atoms with Gasteiger partial charge in [-0.1, -0.05) is 38.1 Å². The largest absolute Gasteiger partial charge is 0.491 e. The van der Waals surface area contributed by atoms with Gasteiger partial charge in [0, 0.05) is 6.08 Å². The summed E-state index contributed by atoms with van der Waals surface area (Å²) in [6, 6.07) is 13.2. The van der Waals surface area contributed by atoms with Gasteiger partial charge in [-0.15, -0.1) is 0 Å². The summed E-state index contributed by atoms with van der Waals surface area (Å²) >= 11 is 5.17. The number of amides is 1. The van der Waals surface area contributed by atoms with Gasteiger partial charge in [0.05, 0.1) is 12.3 Å². The third-order valence-electron chi connectivity index (χ3n) is 3.24. The van der Waals surface area contributed by atoms with Gasteiger partial charge in [0.25, 0.3) is 0 Å². The summed E-state index contributed by atoms with van der Waals surface area (Å²) in [5, 5.41) is 5.69. The van der Waals surface area contributed by atoms with Crippen molar-refractivity contribution in [3.05, 3.63) is 66.0 Å². The highest BCUT2D eigenvalue weighted by Crippen LogP contribution is 2.24. The Morgan fingerprint density at radius 1 is 1.19 bits per heavy atom. The van der Waals surface area contributed by atoms with Crippen LogP contribution in [0.25, 0.3) is 6.08 Å². The maximum absolute atomic E-state index is 12.9. The molecular formula is C20H21FN2O2S. The number of rotatable bonds is 6. The number of anilines is 1. The topological polar surface area (TPSA) is 50.4 Å². The van der Waals surface area contributed by atoms with E-state index in [-0.39, 0.29) is 16.8 Å². The van der Waals surface area contributed by atoms with Crippen LogP contribution in [-0.2, 0) is 4.79 Å². The first-order valence-corrected chi connectivity index (χ1v) is 8.62. The molecule has 0 bridgehead atoms. The summed E-state index contributed by atoms with van der Waals surface area (Å²) in [6.45, 7) is 4.71. The lowest BCUT2D eigenvalue weighted by atomic mass is 10.2. The maximum atomic E-state index is 12.9. The van der Waals surface area contributed by atoms with Crippen LogP contribution < -0.4 is 15.4 Å². The van der Waals surface area contributed by atoms with Crippen molar-refractivity contribution in [1.82, 2.24) is 5.32 Å². The minimum atomic E-state index is -0.382. The summed E-state index contributed by atoms with van der Waals surface area (Å²) in [4.78, 5) is 12.0. The summed E-state index contributed by atoms with van der Waals surface area (Å²) in [5.41, 5.74) is 1.40. The van der Waals surface area contributed by atoms with Gasteiger partial charge in [-0.2, -0.15) is 0 Å². The van der Waals surface area contributed by atoms with Crippen molar-refractivity contribution in [3.8, 4) is 5.75 Å². The van der Waals surface area contributed by atoms with Crippen molar-refractivity contribution in [1.29, 1.82) is 0 Å². The van der Waals surface area contributed by atoms with Gasteiger partial charge in [-0.25, -0.2) is 4.39 Å². The third kappa shape index (κ3) is 6.64. The van der Waals surface area contributed by atoms with Crippen LogP contribution in [0.15, 0.2) is 54.6 Å². The molecule has 0 spiro atoms. The van der Waals surface area contributed by atoms with Crippen LogP contribution in [0, 0.1) is 11.7 Å². The van der Waals surface area contributed by atoms with Crippen molar-refractivity contribution in [2.45, 2.75) is 13.8 Å². The molecule has 0 fully saturated rings. The van der Waals surface area contributed by atoms with Crippen molar-refractivity contribution >= 4 is 35.0 Å². The van der Waals surface area contributed by atoms with Gasteiger partial charge in [-0.3, -0.25) is 10.1 Å². The molecule has 2 rings (SSSR count). The van der Waals surface area contributed by atoms with Gasteiger partial charge in [0.2, 0.25) is 5.91 Å². The van der Waals surface area contributed by atoms with Crippen LogP contribution in [0.3, 0.4) is 0 Å². The highest BCUT2D eigenvalue weighted by atomic mass is 32.1. The first-order valence-electron chi connectivity index (χ1n) is 8.21. The van der Waals surface area contributed by atoms with Crippen LogP contribution in [0.2, 0.25) is 0 Å². The molecule has 0 saturated heterocycles. The zero-order valence-electron chi connectivity index (χ0n) is 14.7. The minimum absolute atomic E-state index is 0.166. The minimum Gasteiger partial charge on any atom is -0.491 e. The number of thiocarbonyl (C=S) groups is 1. The predicted octanol–water partition coefficient (Wildman–Crippen LogP) is 4.39. The second kappa shape index (κ2) is 9.68. The SMILES string of the molecule is CC(C)COc1ccccc1NC(=S)NC(=O)/C=C/c1ccc(F)cc1. The lowest BCUT2D eigenvalue weighted by Crippen LogP contribution is -2.33. The van der Waals surface area contributed by atoms with E-state index in [1.165, 1.54) is 18.2 Å². The van der Waals surface area contributed by atoms with Crippen LogP contribution in [0.4, 0.5) is 10.1 Å². The highest BCUT2D eigenvalue weighted by molar-refractivity contribution is 7.80. The Morgan fingerprint density at radius 2 is 1.88 bits per heavy atom. The van der Waals surface area contributed by atoms with Crippen LogP contribution in [0.5, 0.6) is 5.75 Å². The van der Waals surface area contributed by atoms with Crippen molar-refractivity contribution in [3.63, 3.8) is 0 Å². The van der Waals surface area contributed by atoms with E-state index in [0.717, 1.165) is 0 Å². The Labute approximate surface area is 158 Å². The fourth-order valence-corrected chi connectivity index (χ4v) is 2.22. The van der Waals surface area contributed by atoms with Crippen LogP contribution in [0.1, 0.15) is 19.4 Å². The molecule has 0 aliphatic carbocycles. The van der Waals surface area contributed by atoms with Crippen molar-refractivity contribution < 1.29 is 13.9 Å². The Morgan fingerprint density at radius 3 is 2.58 bits per heavy atom. The number of para-hydroxylation sites is 2. The lowest BCUT2D eigenvalue weighted by molar-refractivity contribution is -0.115. The Hall–Kier alpha value is -2.73. The van der Waals surface area contributed by atoms with E-state index in [2.05, 4.69) is 24.5 Å². The van der Waals surface area contributed by atoms with Crippen LogP contribution >= 0.6 is 12.2 Å². The Kier molecular flexibility index (Phi) is 7.29. The normalized spacial score (nSPS) is 10.8. The van der Waals surface area contributed by atoms with Crippen molar-refractivity contribution in [2.24, 2.45) is 5.92 Å². The molecule has 0 aromatic heterocycles. The first kappa shape index (κ1) is 19.6. The number of hydrogen-bond donors (Lipinski definition) is 2. The molecule has 0 radical (unpaired) electrons. The van der Waals surface area contributed by atoms with Gasteiger partial charge < -0.3 is 10.1 Å². The molecule has 6 heteroatoms. The number of halogens is 1. The smallest absolute Gasteiger partial charge is 0.250 e. The summed E-state index contributed by atoms with van der Waals surface area (Å²) < 4.78 is 18.6. The molecule has 0 aliphatic heterocycles. The molecule has 2 N–H and O–H groups in total. The molecule has 0 heterocycles. The molecule has 4 nitrogen and oxygen atoms in total. The van der Waals surface area contributed by atoms with Gasteiger partial charge in [-0.05, 0) is 54.0 Å². The summed E-state index contributed by atoms with van der Waals surface area (Å²) in [7, 11) is 0. The predicted molar refractivity (Wildman–Crippen MR) is 107 cm³/mol. The second-order valence-electron chi connectivity index (χ2n) is 6.03. The standard InChI is InChI=1S/C20H21FN2O2S/c1-14(2)13-25-18-6-4-3-5-17(18)22-20(26)23-19(24)12-9-15-7-10-16(21)11-8-15/h3-12,14H,13H2,1-2H3,(H2,22,23,24,26)/b12-9+. The number of ether oxygens (including phenoxy) is 1. The zero-order valence-corrected chi connectivity index (χ0v) is 15.5. The van der Waals surface area contributed by atoms with E-state index in [1.807, 2.05) is 24.3 Å². The molecular weight excluding hydrogens is 351 g/mol. The van der Waals surface area contributed by atoms with Gasteiger partial charge in [0.1, 0.15) is 11.6 Å². The fraction of sp³-hybridized carbons (Fsp3) is 0.200. The molecule has 1 amide bonds. The first-order chi connectivity index (χ1) is 12.4. The summed E-state index contributed by atoms with van der Waals surface area (Å²) in [5.74, 6) is 0.355. The van der Waals surface area contributed by atoms with E-state index in [4.69, 9.17) is 17.0 Å². The Balaban J connectivity index is 1.92. The average molecular weight is 372 g/mol. The molecule has 2 aromatic carbocycles. The van der Waals surface area contributed by atoms with Crippen molar-refractivity contribution in [2.75, 3.05) is 11.9 Å². The number of carbonyl (C=O) groups excluding carboxylic acids is 1. The number of hydrogen-bond acceptors (Lipinski definition) is 3. The fourth-order valence-electron chi connectivity index (χ4n) is 2.01. The van der Waals surface area contributed by atoms with E-state index in [0.29, 0.717) is 29.5 Å². The molecule has 26 heavy (non-hydrogen) atoms. The van der Waals surface area contributed by atoms with Gasteiger partial charge in [0.15, 0.2) is 5.11 Å². The number of carbonyl (C=O) groups is 1. The quantitative estimate of drug-likeness (QED) is 0.583. The Bertz CT molecular complexity index is 789. The molecule has 0 aliphatic rings. The third-order valence-corrected chi connectivity index (χ3v) is 3.45. The average Bonchev–Trinajstić information content (AvgIpc) is 2.60. The summed E-state index contributed by atoms with van der Waals surface area (Å²) in [6.07, 6.45) is 2.92. The van der Waals surface area contributed by atoms with E-state index in [9.17, 15) is 9.18 Å². The second-order valence-corrected chi connectivity index (χ2v) is 6.44. The monoisotopic (exact) mass is 372 g/mol. The van der Waals surface area contributed by atoms with Gasteiger partial charge >= 0.3 is 0 Å². The van der Waals surface area contributed by atoms with E-state index in [1.54, 1.807) is 18.2 Å². The molecule has 136 valence electrons. The van der Waals surface area contributed by atoms with E-state index < -0.39 is 0 Å².